The van der Waals surface area contributed by atoms with Gasteiger partial charge in [-0.2, -0.15) is 0 Å². The largest absolute Gasteiger partial charge is 0.472 e. The molecule has 0 aromatic carbocycles. The Morgan fingerprint density at radius 3 is 2.91 bits per heavy atom. The van der Waals surface area contributed by atoms with E-state index in [0.717, 1.165) is 29.9 Å². The molecule has 118 valence electrons. The molecule has 0 fully saturated rings. The molecule has 7 heteroatoms. The Hall–Kier alpha value is -2.41. The predicted molar refractivity (Wildman–Crippen MR) is 87.8 cm³/mol. The molecule has 3 N–H and O–H groups in total. The summed E-state index contributed by atoms with van der Waals surface area (Å²) >= 11 is 0. The smallest absolute Gasteiger partial charge is 0.230 e. The molecule has 2 aromatic heterocycles. The number of rotatable bonds is 6. The van der Waals surface area contributed by atoms with Crippen molar-refractivity contribution in [3.05, 3.63) is 30.4 Å². The zero-order chi connectivity index (χ0) is 15.9. The number of nitrogens with zero attached hydrogens (tertiary/aromatic N) is 4. The van der Waals surface area contributed by atoms with E-state index in [0.29, 0.717) is 18.5 Å². The van der Waals surface area contributed by atoms with E-state index in [1.165, 1.54) is 0 Å². The first kappa shape index (κ1) is 16.0. The maximum Gasteiger partial charge on any atom is 0.230 e. The lowest BCUT2D eigenvalue weighted by Crippen LogP contribution is -2.25. The highest BCUT2D eigenvalue weighted by molar-refractivity contribution is 5.90. The Kier molecular flexibility index (Phi) is 5.48. The maximum atomic E-state index is 5.87. The lowest BCUT2D eigenvalue weighted by atomic mass is 10.2. The number of nitrogens with one attached hydrogen (secondary N) is 1. The zero-order valence-corrected chi connectivity index (χ0v) is 13.2. The van der Waals surface area contributed by atoms with E-state index < -0.39 is 0 Å². The molecule has 2 aromatic rings. The summed E-state index contributed by atoms with van der Waals surface area (Å²) in [5, 5.41) is 2.93. The Labute approximate surface area is 130 Å². The van der Waals surface area contributed by atoms with E-state index in [2.05, 4.69) is 25.2 Å². The molecule has 0 aliphatic rings. The van der Waals surface area contributed by atoms with Crippen molar-refractivity contribution >= 4 is 11.9 Å². The van der Waals surface area contributed by atoms with Gasteiger partial charge in [0.15, 0.2) is 5.96 Å². The van der Waals surface area contributed by atoms with Crippen molar-refractivity contribution in [1.29, 1.82) is 0 Å². The predicted octanol–water partition coefficient (Wildman–Crippen LogP) is 1.72. The minimum atomic E-state index is 0.322. The molecular formula is C15H22N6O. The van der Waals surface area contributed by atoms with Gasteiger partial charge in [-0.15, -0.1) is 0 Å². The van der Waals surface area contributed by atoms with Crippen molar-refractivity contribution in [2.75, 3.05) is 32.5 Å². The van der Waals surface area contributed by atoms with Crippen molar-refractivity contribution in [1.82, 2.24) is 14.9 Å². The number of aromatic nitrogens is 2. The average molecular weight is 302 g/mol. The first-order chi connectivity index (χ1) is 10.5. The van der Waals surface area contributed by atoms with E-state index in [9.17, 15) is 0 Å². The molecule has 0 radical (unpaired) electrons. The molecule has 22 heavy (non-hydrogen) atoms. The summed E-state index contributed by atoms with van der Waals surface area (Å²) < 4.78 is 5.08. The first-order valence-electron chi connectivity index (χ1n) is 7.14. The molecule has 0 atom stereocenters. The summed E-state index contributed by atoms with van der Waals surface area (Å²) in [5.74, 6) is 0.757. The van der Waals surface area contributed by atoms with Gasteiger partial charge < -0.3 is 15.1 Å². The van der Waals surface area contributed by atoms with Crippen LogP contribution in [0, 0.1) is 6.92 Å². The van der Waals surface area contributed by atoms with E-state index in [1.54, 1.807) is 12.5 Å². The normalized spacial score (nSPS) is 11.9. The van der Waals surface area contributed by atoms with Gasteiger partial charge in [-0.3, -0.25) is 10.3 Å². The highest BCUT2D eigenvalue weighted by Gasteiger charge is 2.06. The monoisotopic (exact) mass is 302 g/mol. The number of aryl methyl sites for hydroxylation is 1. The molecule has 0 saturated heterocycles. The SMILES string of the molecule is Cc1cc(-c2ccoc2)nc(NC(N)=NCCCN(C)C)n1. The molecule has 0 unspecified atom stereocenters. The van der Waals surface area contributed by atoms with Gasteiger partial charge in [0.2, 0.25) is 5.95 Å². The van der Waals surface area contributed by atoms with Crippen LogP contribution in [0.15, 0.2) is 34.1 Å². The van der Waals surface area contributed by atoms with Gasteiger partial charge in [-0.1, -0.05) is 0 Å². The summed E-state index contributed by atoms with van der Waals surface area (Å²) in [6.07, 6.45) is 4.20. The number of anilines is 1. The second-order valence-corrected chi connectivity index (χ2v) is 5.28. The quantitative estimate of drug-likeness (QED) is 0.479. The van der Waals surface area contributed by atoms with Crippen LogP contribution in [-0.4, -0.2) is 48.0 Å². The Morgan fingerprint density at radius 2 is 2.23 bits per heavy atom. The highest BCUT2D eigenvalue weighted by Crippen LogP contribution is 2.19. The lowest BCUT2D eigenvalue weighted by molar-refractivity contribution is 0.403. The molecule has 0 spiro atoms. The second-order valence-electron chi connectivity index (χ2n) is 5.28. The van der Waals surface area contributed by atoms with Crippen LogP contribution in [-0.2, 0) is 0 Å². The summed E-state index contributed by atoms with van der Waals surface area (Å²) in [6, 6.07) is 3.74. The minimum absolute atomic E-state index is 0.322. The van der Waals surface area contributed by atoms with Crippen LogP contribution in [0.3, 0.4) is 0 Å². The summed E-state index contributed by atoms with van der Waals surface area (Å²) in [4.78, 5) is 15.1. The third-order valence-corrected chi connectivity index (χ3v) is 2.96. The van der Waals surface area contributed by atoms with Crippen molar-refractivity contribution < 1.29 is 4.42 Å². The third kappa shape index (κ3) is 4.85. The Morgan fingerprint density at radius 1 is 1.41 bits per heavy atom. The van der Waals surface area contributed by atoms with Gasteiger partial charge in [0.05, 0.1) is 18.2 Å². The average Bonchev–Trinajstić information content (AvgIpc) is 2.97. The van der Waals surface area contributed by atoms with Crippen LogP contribution in [0.4, 0.5) is 5.95 Å². The zero-order valence-electron chi connectivity index (χ0n) is 13.2. The van der Waals surface area contributed by atoms with Crippen molar-refractivity contribution in [3.63, 3.8) is 0 Å². The molecule has 0 aliphatic carbocycles. The standard InChI is InChI=1S/C15H22N6O/c1-11-9-13(12-5-8-22-10-12)19-15(18-11)20-14(16)17-6-4-7-21(2)3/h5,8-10H,4,6-7H2,1-3H3,(H3,16,17,18,19,20). The van der Waals surface area contributed by atoms with Gasteiger partial charge in [0.25, 0.3) is 0 Å². The fourth-order valence-electron chi connectivity index (χ4n) is 1.92. The molecular weight excluding hydrogens is 280 g/mol. The van der Waals surface area contributed by atoms with Crippen molar-refractivity contribution in [2.24, 2.45) is 10.7 Å². The van der Waals surface area contributed by atoms with Gasteiger partial charge in [0.1, 0.15) is 0 Å². The van der Waals surface area contributed by atoms with Crippen LogP contribution in [0.1, 0.15) is 12.1 Å². The summed E-state index contributed by atoms with van der Waals surface area (Å²) in [6.45, 7) is 3.54. The van der Waals surface area contributed by atoms with E-state index in [1.807, 2.05) is 33.2 Å². The number of nitrogens with two attached hydrogens (primary N) is 1. The lowest BCUT2D eigenvalue weighted by Gasteiger charge is -2.08. The molecule has 0 bridgehead atoms. The van der Waals surface area contributed by atoms with Gasteiger partial charge in [-0.25, -0.2) is 9.97 Å². The van der Waals surface area contributed by atoms with Crippen molar-refractivity contribution in [3.8, 4) is 11.3 Å². The fraction of sp³-hybridized carbons (Fsp3) is 0.400. The second kappa shape index (κ2) is 7.56. The number of hydrogen-bond acceptors (Lipinski definition) is 5. The first-order valence-corrected chi connectivity index (χ1v) is 7.14. The van der Waals surface area contributed by atoms with Crippen molar-refractivity contribution in [2.45, 2.75) is 13.3 Å². The minimum Gasteiger partial charge on any atom is -0.472 e. The van der Waals surface area contributed by atoms with Crippen LogP contribution in [0.5, 0.6) is 0 Å². The molecule has 0 amide bonds. The number of furan rings is 1. The third-order valence-electron chi connectivity index (χ3n) is 2.96. The molecule has 2 rings (SSSR count). The number of guanidine groups is 1. The van der Waals surface area contributed by atoms with Gasteiger partial charge in [0, 0.05) is 17.8 Å². The van der Waals surface area contributed by atoms with E-state index >= 15 is 0 Å². The van der Waals surface area contributed by atoms with Crippen LogP contribution in [0.2, 0.25) is 0 Å². The Bertz CT molecular complexity index is 621. The highest BCUT2D eigenvalue weighted by atomic mass is 16.3. The fourth-order valence-corrected chi connectivity index (χ4v) is 1.92. The molecule has 0 aliphatic heterocycles. The molecule has 2 heterocycles. The summed E-state index contributed by atoms with van der Waals surface area (Å²) in [7, 11) is 4.06. The van der Waals surface area contributed by atoms with Gasteiger partial charge >= 0.3 is 0 Å². The topological polar surface area (TPSA) is 92.6 Å². The molecule has 0 saturated carbocycles. The van der Waals surface area contributed by atoms with Crippen LogP contribution < -0.4 is 11.1 Å². The van der Waals surface area contributed by atoms with E-state index in [4.69, 9.17) is 10.2 Å². The number of aliphatic imine (C=N–C) groups is 1. The molecule has 7 nitrogen and oxygen atoms in total. The van der Waals surface area contributed by atoms with E-state index in [-0.39, 0.29) is 0 Å². The number of hydrogen-bond donors (Lipinski definition) is 2. The maximum absolute atomic E-state index is 5.87. The van der Waals surface area contributed by atoms with Crippen LogP contribution >= 0.6 is 0 Å². The van der Waals surface area contributed by atoms with Crippen LogP contribution in [0.25, 0.3) is 11.3 Å². The van der Waals surface area contributed by atoms with Gasteiger partial charge in [-0.05, 0) is 46.1 Å². The summed E-state index contributed by atoms with van der Waals surface area (Å²) in [5.41, 5.74) is 8.39. The Balaban J connectivity index is 2.01.